The van der Waals surface area contributed by atoms with E-state index in [1.54, 1.807) is 0 Å². The summed E-state index contributed by atoms with van der Waals surface area (Å²) < 4.78 is 35.3. The van der Waals surface area contributed by atoms with Crippen LogP contribution in [0.5, 0.6) is 0 Å². The Hall–Kier alpha value is -1.60. The standard InChI is InChI=1S/C6H7F3N4O/c7-6(8,9)2-1-3-11-4(10)13-5(14)12-3/h1-2H2,(H3,10,11,12,13,14). The van der Waals surface area contributed by atoms with Gasteiger partial charge in [0.2, 0.25) is 5.95 Å². The van der Waals surface area contributed by atoms with Crippen molar-refractivity contribution in [3.63, 3.8) is 0 Å². The van der Waals surface area contributed by atoms with Gasteiger partial charge in [0.1, 0.15) is 5.82 Å². The lowest BCUT2D eigenvalue weighted by Crippen LogP contribution is -2.19. The number of aromatic nitrogens is 3. The lowest BCUT2D eigenvalue weighted by atomic mass is 10.3. The molecule has 0 spiro atoms. The molecular formula is C6H7F3N4O. The smallest absolute Gasteiger partial charge is 0.368 e. The van der Waals surface area contributed by atoms with Crippen LogP contribution < -0.4 is 11.4 Å². The Labute approximate surface area is 76.2 Å². The summed E-state index contributed by atoms with van der Waals surface area (Å²) in [5, 5.41) is 0. The molecule has 0 bridgehead atoms. The van der Waals surface area contributed by atoms with Crippen LogP contribution in [-0.2, 0) is 6.42 Å². The van der Waals surface area contributed by atoms with Crippen molar-refractivity contribution in [2.24, 2.45) is 0 Å². The number of nitrogens with zero attached hydrogens (tertiary/aromatic N) is 2. The summed E-state index contributed by atoms with van der Waals surface area (Å²) in [6.07, 6.45) is -5.75. The van der Waals surface area contributed by atoms with E-state index in [0.29, 0.717) is 0 Å². The van der Waals surface area contributed by atoms with E-state index in [4.69, 9.17) is 5.73 Å². The number of alkyl halides is 3. The van der Waals surface area contributed by atoms with Gasteiger partial charge in [0.15, 0.2) is 0 Å². The van der Waals surface area contributed by atoms with E-state index in [0.717, 1.165) is 0 Å². The fourth-order valence-corrected chi connectivity index (χ4v) is 0.825. The second kappa shape index (κ2) is 3.64. The summed E-state index contributed by atoms with van der Waals surface area (Å²) in [6.45, 7) is 0. The first kappa shape index (κ1) is 10.5. The van der Waals surface area contributed by atoms with Crippen LogP contribution >= 0.6 is 0 Å². The molecule has 0 atom stereocenters. The second-order valence-electron chi connectivity index (χ2n) is 2.57. The number of rotatable bonds is 2. The van der Waals surface area contributed by atoms with Crippen LogP contribution in [0.1, 0.15) is 12.2 Å². The van der Waals surface area contributed by atoms with E-state index >= 15 is 0 Å². The maximum Gasteiger partial charge on any atom is 0.389 e. The van der Waals surface area contributed by atoms with Crippen molar-refractivity contribution in [3.05, 3.63) is 16.3 Å². The first-order valence-electron chi connectivity index (χ1n) is 3.66. The molecule has 3 N–H and O–H groups in total. The number of nitrogen functional groups attached to an aromatic ring is 1. The third-order valence-electron chi connectivity index (χ3n) is 1.36. The molecule has 0 aliphatic heterocycles. The van der Waals surface area contributed by atoms with Crippen molar-refractivity contribution in [3.8, 4) is 0 Å². The quantitative estimate of drug-likeness (QED) is 0.729. The van der Waals surface area contributed by atoms with Gasteiger partial charge in [-0.2, -0.15) is 23.1 Å². The average molecular weight is 208 g/mol. The maximum absolute atomic E-state index is 11.8. The van der Waals surface area contributed by atoms with Crippen molar-refractivity contribution >= 4 is 5.95 Å². The van der Waals surface area contributed by atoms with Crippen LogP contribution in [0.25, 0.3) is 0 Å². The highest BCUT2D eigenvalue weighted by atomic mass is 19.4. The van der Waals surface area contributed by atoms with Gasteiger partial charge in [-0.15, -0.1) is 0 Å². The number of hydrogen-bond donors (Lipinski definition) is 2. The zero-order valence-corrected chi connectivity index (χ0v) is 6.93. The molecule has 0 unspecified atom stereocenters. The molecule has 14 heavy (non-hydrogen) atoms. The highest BCUT2D eigenvalue weighted by molar-refractivity contribution is 5.12. The van der Waals surface area contributed by atoms with Crippen LogP contribution in [0.2, 0.25) is 0 Å². The largest absolute Gasteiger partial charge is 0.389 e. The Balaban J connectivity index is 2.73. The Bertz CT molecular complexity index is 372. The van der Waals surface area contributed by atoms with Gasteiger partial charge in [0.25, 0.3) is 0 Å². The first-order valence-corrected chi connectivity index (χ1v) is 3.66. The van der Waals surface area contributed by atoms with Crippen molar-refractivity contribution in [1.82, 2.24) is 15.0 Å². The molecule has 0 amide bonds. The Kier molecular flexibility index (Phi) is 2.73. The Morgan fingerprint density at radius 1 is 1.36 bits per heavy atom. The number of aryl methyl sites for hydroxylation is 1. The molecule has 1 rings (SSSR count). The highest BCUT2D eigenvalue weighted by Crippen LogP contribution is 2.20. The lowest BCUT2D eigenvalue weighted by molar-refractivity contribution is -0.134. The molecule has 0 fully saturated rings. The molecule has 1 aromatic rings. The predicted octanol–water partition coefficient (Wildman–Crippen LogP) is 0.242. The molecule has 8 heteroatoms. The van der Waals surface area contributed by atoms with Gasteiger partial charge in [-0.3, -0.25) is 4.98 Å². The molecule has 0 aliphatic rings. The number of halogens is 3. The lowest BCUT2D eigenvalue weighted by Gasteiger charge is -2.04. The molecule has 1 aromatic heterocycles. The highest BCUT2D eigenvalue weighted by Gasteiger charge is 2.27. The van der Waals surface area contributed by atoms with E-state index < -0.39 is 24.7 Å². The summed E-state index contributed by atoms with van der Waals surface area (Å²) in [7, 11) is 0. The van der Waals surface area contributed by atoms with Gasteiger partial charge in [-0.1, -0.05) is 0 Å². The zero-order chi connectivity index (χ0) is 10.8. The summed E-state index contributed by atoms with van der Waals surface area (Å²) >= 11 is 0. The van der Waals surface area contributed by atoms with Gasteiger partial charge in [0.05, 0.1) is 6.42 Å². The molecule has 1 heterocycles. The summed E-state index contributed by atoms with van der Waals surface area (Å²) in [4.78, 5) is 19.3. The van der Waals surface area contributed by atoms with Crippen LogP contribution in [-0.4, -0.2) is 21.1 Å². The molecule has 0 aromatic carbocycles. The van der Waals surface area contributed by atoms with Crippen molar-refractivity contribution < 1.29 is 13.2 Å². The van der Waals surface area contributed by atoms with Crippen LogP contribution in [0.4, 0.5) is 19.1 Å². The molecule has 0 saturated heterocycles. The molecule has 5 nitrogen and oxygen atoms in total. The van der Waals surface area contributed by atoms with Crippen molar-refractivity contribution in [2.75, 3.05) is 5.73 Å². The summed E-state index contributed by atoms with van der Waals surface area (Å²) in [5.41, 5.74) is 4.28. The van der Waals surface area contributed by atoms with E-state index in [1.807, 2.05) is 0 Å². The van der Waals surface area contributed by atoms with Crippen molar-refractivity contribution in [1.29, 1.82) is 0 Å². The first-order chi connectivity index (χ1) is 6.37. The number of H-pyrrole nitrogens is 1. The number of aromatic amines is 1. The minimum Gasteiger partial charge on any atom is -0.368 e. The molecule has 0 radical (unpaired) electrons. The van der Waals surface area contributed by atoms with Crippen molar-refractivity contribution in [2.45, 2.75) is 19.0 Å². The van der Waals surface area contributed by atoms with E-state index in [-0.39, 0.29) is 11.8 Å². The third-order valence-corrected chi connectivity index (χ3v) is 1.36. The predicted molar refractivity (Wildman–Crippen MR) is 41.4 cm³/mol. The second-order valence-corrected chi connectivity index (χ2v) is 2.57. The topological polar surface area (TPSA) is 84.7 Å². The SMILES string of the molecule is Nc1nc(CCC(F)(F)F)[nH]c(=O)n1. The molecule has 78 valence electrons. The molecular weight excluding hydrogens is 201 g/mol. The number of nitrogens with one attached hydrogen (secondary N) is 1. The van der Waals surface area contributed by atoms with Gasteiger partial charge in [0, 0.05) is 6.42 Å². The van der Waals surface area contributed by atoms with Gasteiger partial charge in [-0.25, -0.2) is 4.79 Å². The Morgan fingerprint density at radius 3 is 2.50 bits per heavy atom. The van der Waals surface area contributed by atoms with Gasteiger partial charge in [-0.05, 0) is 0 Å². The minimum atomic E-state index is -4.28. The average Bonchev–Trinajstić information content (AvgIpc) is 1.97. The third kappa shape index (κ3) is 3.42. The van der Waals surface area contributed by atoms with Crippen LogP contribution in [0, 0.1) is 0 Å². The van der Waals surface area contributed by atoms with E-state index in [1.165, 1.54) is 0 Å². The number of nitrogens with two attached hydrogens (primary N) is 1. The normalized spacial score (nSPS) is 11.6. The number of anilines is 1. The summed E-state index contributed by atoms with van der Waals surface area (Å²) in [5.74, 6) is -0.439. The Morgan fingerprint density at radius 2 is 2.00 bits per heavy atom. The summed E-state index contributed by atoms with van der Waals surface area (Å²) in [6, 6.07) is 0. The molecule has 0 aliphatic carbocycles. The monoisotopic (exact) mass is 208 g/mol. The minimum absolute atomic E-state index is 0.111. The fourth-order valence-electron chi connectivity index (χ4n) is 0.825. The van der Waals surface area contributed by atoms with Crippen LogP contribution in [0.15, 0.2) is 4.79 Å². The van der Waals surface area contributed by atoms with E-state index in [2.05, 4.69) is 15.0 Å². The van der Waals surface area contributed by atoms with Crippen LogP contribution in [0.3, 0.4) is 0 Å². The fraction of sp³-hybridized carbons (Fsp3) is 0.500. The van der Waals surface area contributed by atoms with Gasteiger partial charge < -0.3 is 5.73 Å². The van der Waals surface area contributed by atoms with Gasteiger partial charge >= 0.3 is 11.9 Å². The van der Waals surface area contributed by atoms with E-state index in [9.17, 15) is 18.0 Å². The zero-order valence-electron chi connectivity index (χ0n) is 6.93. The molecule has 0 saturated carbocycles. The number of hydrogen-bond acceptors (Lipinski definition) is 4. The maximum atomic E-state index is 11.8.